The van der Waals surface area contributed by atoms with E-state index in [0.29, 0.717) is 5.02 Å². The number of nitrogens with one attached hydrogen (secondary N) is 1. The zero-order valence-corrected chi connectivity index (χ0v) is 9.16. The van der Waals surface area contributed by atoms with E-state index in [2.05, 4.69) is 4.98 Å². The molecule has 0 bridgehead atoms. The predicted octanol–water partition coefficient (Wildman–Crippen LogP) is 3.31. The Hall–Kier alpha value is -1.74. The van der Waals surface area contributed by atoms with E-state index in [1.54, 1.807) is 12.2 Å². The minimum Gasteiger partial charge on any atom is -0.481 e. The number of carboxylic acid groups (broad SMARTS) is 1. The molecule has 4 heteroatoms. The van der Waals surface area contributed by atoms with E-state index in [0.717, 1.165) is 16.5 Å². The highest BCUT2D eigenvalue weighted by atomic mass is 35.5. The largest absolute Gasteiger partial charge is 0.481 e. The van der Waals surface area contributed by atoms with Crippen LogP contribution in [0.4, 0.5) is 0 Å². The van der Waals surface area contributed by atoms with Gasteiger partial charge in [0.05, 0.1) is 6.42 Å². The van der Waals surface area contributed by atoms with Crippen molar-refractivity contribution >= 4 is 34.5 Å². The molecule has 1 aromatic heterocycles. The maximum atomic E-state index is 10.4. The first-order valence-corrected chi connectivity index (χ1v) is 5.19. The number of hydrogen-bond acceptors (Lipinski definition) is 1. The monoisotopic (exact) mass is 235 g/mol. The molecule has 0 fully saturated rings. The number of aliphatic carboxylic acids is 1. The van der Waals surface area contributed by atoms with E-state index in [1.807, 2.05) is 24.4 Å². The highest BCUT2D eigenvalue weighted by molar-refractivity contribution is 6.32. The van der Waals surface area contributed by atoms with E-state index in [9.17, 15) is 4.79 Å². The lowest BCUT2D eigenvalue weighted by Crippen LogP contribution is -1.89. The smallest absolute Gasteiger partial charge is 0.307 e. The molecule has 0 aliphatic rings. The van der Waals surface area contributed by atoms with Crippen molar-refractivity contribution in [1.29, 1.82) is 0 Å². The maximum Gasteiger partial charge on any atom is 0.307 e. The Morgan fingerprint density at radius 2 is 2.31 bits per heavy atom. The van der Waals surface area contributed by atoms with Crippen molar-refractivity contribution in [3.05, 3.63) is 41.1 Å². The van der Waals surface area contributed by atoms with E-state index < -0.39 is 5.97 Å². The molecule has 16 heavy (non-hydrogen) atoms. The van der Waals surface area contributed by atoms with Gasteiger partial charge in [0, 0.05) is 22.1 Å². The molecule has 0 aliphatic carbocycles. The van der Waals surface area contributed by atoms with Crippen LogP contribution in [-0.2, 0) is 4.79 Å². The molecule has 2 rings (SSSR count). The third-order valence-corrected chi connectivity index (χ3v) is 2.59. The molecule has 1 aromatic carbocycles. The number of carboxylic acids is 1. The van der Waals surface area contributed by atoms with E-state index >= 15 is 0 Å². The number of aromatic amines is 1. The molecule has 1 heterocycles. The zero-order chi connectivity index (χ0) is 11.5. The first-order chi connectivity index (χ1) is 7.66. The van der Waals surface area contributed by atoms with Gasteiger partial charge in [-0.25, -0.2) is 0 Å². The number of carbonyl (C=O) groups is 1. The second-order valence-electron chi connectivity index (χ2n) is 3.44. The molecule has 0 aliphatic heterocycles. The minimum absolute atomic E-state index is 0.00149. The number of rotatable bonds is 3. The summed E-state index contributed by atoms with van der Waals surface area (Å²) in [4.78, 5) is 13.4. The fourth-order valence-electron chi connectivity index (χ4n) is 1.51. The van der Waals surface area contributed by atoms with Gasteiger partial charge >= 0.3 is 5.97 Å². The van der Waals surface area contributed by atoms with Gasteiger partial charge in [0.25, 0.3) is 0 Å². The topological polar surface area (TPSA) is 53.1 Å². The van der Waals surface area contributed by atoms with Crippen LogP contribution in [0.1, 0.15) is 12.0 Å². The maximum absolute atomic E-state index is 10.4. The van der Waals surface area contributed by atoms with Crippen molar-refractivity contribution in [2.45, 2.75) is 6.42 Å². The van der Waals surface area contributed by atoms with Crippen molar-refractivity contribution in [1.82, 2.24) is 4.98 Å². The van der Waals surface area contributed by atoms with Gasteiger partial charge in [-0.2, -0.15) is 0 Å². The van der Waals surface area contributed by atoms with Crippen LogP contribution in [0.25, 0.3) is 17.0 Å². The number of H-pyrrole nitrogens is 1. The zero-order valence-electron chi connectivity index (χ0n) is 8.40. The van der Waals surface area contributed by atoms with Crippen LogP contribution in [0, 0.1) is 0 Å². The van der Waals surface area contributed by atoms with Crippen molar-refractivity contribution in [3.63, 3.8) is 0 Å². The molecule has 0 unspecified atom stereocenters. The van der Waals surface area contributed by atoms with Gasteiger partial charge in [0.15, 0.2) is 0 Å². The van der Waals surface area contributed by atoms with Crippen molar-refractivity contribution in [3.8, 4) is 0 Å². The van der Waals surface area contributed by atoms with Gasteiger partial charge in [-0.05, 0) is 23.8 Å². The summed E-state index contributed by atoms with van der Waals surface area (Å²) in [6.45, 7) is 0. The van der Waals surface area contributed by atoms with Crippen molar-refractivity contribution in [2.75, 3.05) is 0 Å². The Balaban J connectivity index is 2.32. The molecule has 0 atom stereocenters. The first-order valence-electron chi connectivity index (χ1n) is 4.82. The molecule has 2 aromatic rings. The molecule has 2 N–H and O–H groups in total. The molecule has 3 nitrogen and oxygen atoms in total. The summed E-state index contributed by atoms with van der Waals surface area (Å²) in [6, 6.07) is 5.70. The number of halogens is 1. The lowest BCUT2D eigenvalue weighted by Gasteiger charge is -1.98. The van der Waals surface area contributed by atoms with E-state index in [4.69, 9.17) is 16.7 Å². The number of benzene rings is 1. The first kappa shape index (κ1) is 10.8. The van der Waals surface area contributed by atoms with Crippen LogP contribution in [0.5, 0.6) is 0 Å². The molecule has 82 valence electrons. The minimum atomic E-state index is -0.852. The van der Waals surface area contributed by atoms with Crippen LogP contribution in [0.2, 0.25) is 5.02 Å². The molecular formula is C12H10ClNO2. The second kappa shape index (κ2) is 4.41. The van der Waals surface area contributed by atoms with Crippen LogP contribution in [-0.4, -0.2) is 16.1 Å². The highest BCUT2D eigenvalue weighted by Crippen LogP contribution is 2.24. The molecule has 0 radical (unpaired) electrons. The molecule has 0 saturated carbocycles. The third kappa shape index (κ3) is 2.25. The molecular weight excluding hydrogens is 226 g/mol. The standard InChI is InChI=1S/C12H10ClNO2/c13-10-7-11-9(4-5-14-11)6-8(10)2-1-3-12(15)16/h1-2,4-7,14H,3H2,(H,15,16). The Labute approximate surface area is 97.4 Å². The summed E-state index contributed by atoms with van der Waals surface area (Å²) in [6.07, 6.45) is 5.15. The third-order valence-electron chi connectivity index (χ3n) is 2.26. The van der Waals surface area contributed by atoms with Crippen LogP contribution < -0.4 is 0 Å². The summed E-state index contributed by atoms with van der Waals surface area (Å²) < 4.78 is 0. The van der Waals surface area contributed by atoms with E-state index in [1.165, 1.54) is 0 Å². The van der Waals surface area contributed by atoms with Gasteiger partial charge in [-0.15, -0.1) is 0 Å². The second-order valence-corrected chi connectivity index (χ2v) is 3.85. The Morgan fingerprint density at radius 3 is 3.06 bits per heavy atom. The highest BCUT2D eigenvalue weighted by Gasteiger charge is 2.01. The average Bonchev–Trinajstić information content (AvgIpc) is 2.64. The quantitative estimate of drug-likeness (QED) is 0.858. The van der Waals surface area contributed by atoms with Crippen LogP contribution >= 0.6 is 11.6 Å². The summed E-state index contributed by atoms with van der Waals surface area (Å²) in [5.74, 6) is -0.852. The van der Waals surface area contributed by atoms with Gasteiger partial charge < -0.3 is 10.1 Å². The number of aromatic nitrogens is 1. The average molecular weight is 236 g/mol. The van der Waals surface area contributed by atoms with Gasteiger partial charge in [0.2, 0.25) is 0 Å². The normalized spacial score (nSPS) is 11.3. The van der Waals surface area contributed by atoms with Crippen LogP contribution in [0.3, 0.4) is 0 Å². The van der Waals surface area contributed by atoms with Gasteiger partial charge in [-0.1, -0.05) is 23.8 Å². The summed E-state index contributed by atoms with van der Waals surface area (Å²) in [5.41, 5.74) is 1.80. The summed E-state index contributed by atoms with van der Waals surface area (Å²) >= 11 is 6.06. The van der Waals surface area contributed by atoms with Crippen LogP contribution in [0.15, 0.2) is 30.5 Å². The number of fused-ring (bicyclic) bond motifs is 1. The molecule has 0 spiro atoms. The molecule has 0 amide bonds. The fraction of sp³-hybridized carbons (Fsp3) is 0.0833. The Bertz CT molecular complexity index is 557. The predicted molar refractivity (Wildman–Crippen MR) is 64.6 cm³/mol. The summed E-state index contributed by atoms with van der Waals surface area (Å²) in [7, 11) is 0. The summed E-state index contributed by atoms with van der Waals surface area (Å²) in [5, 5.41) is 10.2. The Morgan fingerprint density at radius 1 is 1.50 bits per heavy atom. The van der Waals surface area contributed by atoms with Gasteiger partial charge in [0.1, 0.15) is 0 Å². The lowest BCUT2D eigenvalue weighted by molar-refractivity contribution is -0.135. The fourth-order valence-corrected chi connectivity index (χ4v) is 1.73. The lowest BCUT2D eigenvalue weighted by atomic mass is 10.1. The van der Waals surface area contributed by atoms with E-state index in [-0.39, 0.29) is 6.42 Å². The molecule has 0 saturated heterocycles. The number of hydrogen-bond donors (Lipinski definition) is 2. The van der Waals surface area contributed by atoms with Crippen molar-refractivity contribution < 1.29 is 9.90 Å². The van der Waals surface area contributed by atoms with Gasteiger partial charge in [-0.3, -0.25) is 4.79 Å². The Kier molecular flexibility index (Phi) is 2.97. The van der Waals surface area contributed by atoms with Crippen molar-refractivity contribution in [2.24, 2.45) is 0 Å². The SMILES string of the molecule is O=C(O)CC=Cc1cc2cc[nH]c2cc1Cl.